The fourth-order valence-corrected chi connectivity index (χ4v) is 3.94. The van der Waals surface area contributed by atoms with E-state index in [0.29, 0.717) is 23.7 Å². The molecule has 28 heavy (non-hydrogen) atoms. The number of hydrogen-bond donors (Lipinski definition) is 1. The number of carbonyl (C=O) groups excluding carboxylic acids is 1. The van der Waals surface area contributed by atoms with Crippen molar-refractivity contribution in [1.82, 2.24) is 20.1 Å². The standard InChI is InChI=1S/C21H26N4O3/c1-25-18(10-11-22-25)17(13-27-2)23-20(26)15-8-9-16-19(12-15)28-21(24-16)14-6-4-3-5-7-14/h8-12,14,17H,3-7,13H2,1-2H3,(H,23,26)/t17-/m1/s1. The van der Waals surface area contributed by atoms with Crippen LogP contribution in [0.5, 0.6) is 0 Å². The molecular weight excluding hydrogens is 356 g/mol. The number of aryl methyl sites for hydroxylation is 1. The number of carbonyl (C=O) groups is 1. The third kappa shape index (κ3) is 3.80. The molecule has 2 heterocycles. The van der Waals surface area contributed by atoms with Crippen molar-refractivity contribution in [2.75, 3.05) is 13.7 Å². The van der Waals surface area contributed by atoms with Crippen LogP contribution in [0, 0.1) is 0 Å². The van der Waals surface area contributed by atoms with Crippen molar-refractivity contribution in [2.24, 2.45) is 7.05 Å². The SMILES string of the molecule is COC[C@@H](NC(=O)c1ccc2nc(C3CCCCC3)oc2c1)c1ccnn1C. The Morgan fingerprint density at radius 1 is 1.32 bits per heavy atom. The van der Waals surface area contributed by atoms with Gasteiger partial charge in [0.2, 0.25) is 0 Å². The number of fused-ring (bicyclic) bond motifs is 1. The number of nitrogens with one attached hydrogen (secondary N) is 1. The smallest absolute Gasteiger partial charge is 0.252 e. The fourth-order valence-electron chi connectivity index (χ4n) is 3.94. The zero-order valence-electron chi connectivity index (χ0n) is 16.4. The Labute approximate surface area is 164 Å². The second-order valence-corrected chi connectivity index (χ2v) is 7.43. The van der Waals surface area contributed by atoms with Crippen LogP contribution in [-0.4, -0.2) is 34.4 Å². The molecule has 4 rings (SSSR count). The Morgan fingerprint density at radius 3 is 2.86 bits per heavy atom. The molecule has 0 radical (unpaired) electrons. The molecule has 3 aromatic rings. The summed E-state index contributed by atoms with van der Waals surface area (Å²) >= 11 is 0. The highest BCUT2D eigenvalue weighted by molar-refractivity contribution is 5.97. The zero-order chi connectivity index (χ0) is 19.5. The lowest BCUT2D eigenvalue weighted by molar-refractivity contribution is 0.0892. The third-order valence-corrected chi connectivity index (χ3v) is 5.48. The lowest BCUT2D eigenvalue weighted by atomic mass is 9.89. The molecule has 0 aliphatic heterocycles. The molecule has 1 fully saturated rings. The summed E-state index contributed by atoms with van der Waals surface area (Å²) in [7, 11) is 3.46. The Morgan fingerprint density at radius 2 is 2.14 bits per heavy atom. The van der Waals surface area contributed by atoms with Gasteiger partial charge in [0.05, 0.1) is 18.3 Å². The van der Waals surface area contributed by atoms with Crippen LogP contribution in [0.3, 0.4) is 0 Å². The first-order valence-corrected chi connectivity index (χ1v) is 9.84. The number of ether oxygens (including phenoxy) is 1. The fraction of sp³-hybridized carbons (Fsp3) is 0.476. The van der Waals surface area contributed by atoms with Gasteiger partial charge < -0.3 is 14.5 Å². The number of nitrogens with zero attached hydrogens (tertiary/aromatic N) is 3. The molecule has 1 aromatic carbocycles. The quantitative estimate of drug-likeness (QED) is 0.702. The van der Waals surface area contributed by atoms with Gasteiger partial charge in [0, 0.05) is 31.8 Å². The van der Waals surface area contributed by atoms with Gasteiger partial charge in [-0.15, -0.1) is 0 Å². The molecule has 148 valence electrons. The predicted molar refractivity (Wildman–Crippen MR) is 105 cm³/mol. The summed E-state index contributed by atoms with van der Waals surface area (Å²) in [6, 6.07) is 7.01. The first-order valence-electron chi connectivity index (χ1n) is 9.84. The van der Waals surface area contributed by atoms with E-state index in [4.69, 9.17) is 9.15 Å². The molecule has 0 unspecified atom stereocenters. The van der Waals surface area contributed by atoms with Gasteiger partial charge in [0.1, 0.15) is 5.52 Å². The van der Waals surface area contributed by atoms with Crippen LogP contribution in [0.2, 0.25) is 0 Å². The van der Waals surface area contributed by atoms with Gasteiger partial charge in [-0.1, -0.05) is 19.3 Å². The van der Waals surface area contributed by atoms with Gasteiger partial charge in [-0.25, -0.2) is 4.98 Å². The van der Waals surface area contributed by atoms with Crippen molar-refractivity contribution in [3.63, 3.8) is 0 Å². The van der Waals surface area contributed by atoms with Crippen LogP contribution in [0.1, 0.15) is 66.0 Å². The number of hydrogen-bond acceptors (Lipinski definition) is 5. The van der Waals surface area contributed by atoms with Crippen molar-refractivity contribution >= 4 is 17.0 Å². The van der Waals surface area contributed by atoms with Crippen LogP contribution >= 0.6 is 0 Å². The summed E-state index contributed by atoms with van der Waals surface area (Å²) < 4.78 is 13.0. The van der Waals surface area contributed by atoms with Crippen molar-refractivity contribution in [1.29, 1.82) is 0 Å². The molecule has 1 saturated carbocycles. The second-order valence-electron chi connectivity index (χ2n) is 7.43. The average molecular weight is 382 g/mol. The van der Waals surface area contributed by atoms with Crippen molar-refractivity contribution in [3.05, 3.63) is 47.6 Å². The van der Waals surface area contributed by atoms with E-state index in [-0.39, 0.29) is 11.9 Å². The summed E-state index contributed by atoms with van der Waals surface area (Å²) in [6.07, 6.45) is 7.71. The molecule has 1 N–H and O–H groups in total. The van der Waals surface area contributed by atoms with E-state index in [2.05, 4.69) is 15.4 Å². The Kier molecular flexibility index (Phi) is 5.43. The molecule has 1 aliphatic carbocycles. The van der Waals surface area contributed by atoms with Gasteiger partial charge >= 0.3 is 0 Å². The highest BCUT2D eigenvalue weighted by atomic mass is 16.5. The number of benzene rings is 1. The Bertz CT molecular complexity index is 956. The maximum absolute atomic E-state index is 12.8. The second kappa shape index (κ2) is 8.14. The maximum Gasteiger partial charge on any atom is 0.252 e. The normalized spacial score (nSPS) is 16.4. The van der Waals surface area contributed by atoms with Gasteiger partial charge in [0.25, 0.3) is 5.91 Å². The molecule has 1 amide bonds. The number of oxazole rings is 1. The summed E-state index contributed by atoms with van der Waals surface area (Å²) in [5, 5.41) is 7.20. The van der Waals surface area contributed by atoms with Crippen molar-refractivity contribution in [2.45, 2.75) is 44.1 Å². The van der Waals surface area contributed by atoms with E-state index >= 15 is 0 Å². The minimum absolute atomic E-state index is 0.180. The van der Waals surface area contributed by atoms with E-state index in [1.54, 1.807) is 30.1 Å². The molecule has 0 saturated heterocycles. The predicted octanol–water partition coefficient (Wildman–Crippen LogP) is 3.73. The maximum atomic E-state index is 12.8. The number of rotatable bonds is 6. The van der Waals surface area contributed by atoms with E-state index in [1.807, 2.05) is 19.2 Å². The van der Waals surface area contributed by atoms with E-state index in [1.165, 1.54) is 19.3 Å². The number of aromatic nitrogens is 3. The van der Waals surface area contributed by atoms with Gasteiger partial charge in [0.15, 0.2) is 11.5 Å². The molecule has 7 heteroatoms. The van der Waals surface area contributed by atoms with E-state index in [9.17, 15) is 4.79 Å². The monoisotopic (exact) mass is 382 g/mol. The minimum Gasteiger partial charge on any atom is -0.440 e. The first-order chi connectivity index (χ1) is 13.7. The largest absolute Gasteiger partial charge is 0.440 e. The summed E-state index contributed by atoms with van der Waals surface area (Å²) in [4.78, 5) is 17.5. The summed E-state index contributed by atoms with van der Waals surface area (Å²) in [5.74, 6) is 1.02. The molecular formula is C21H26N4O3. The highest BCUT2D eigenvalue weighted by Gasteiger charge is 2.22. The highest BCUT2D eigenvalue weighted by Crippen LogP contribution is 2.33. The van der Waals surface area contributed by atoms with Crippen LogP contribution in [0.25, 0.3) is 11.1 Å². The van der Waals surface area contributed by atoms with Gasteiger partial charge in [-0.3, -0.25) is 9.48 Å². The summed E-state index contributed by atoms with van der Waals surface area (Å²) in [6.45, 7) is 0.363. The van der Waals surface area contributed by atoms with E-state index in [0.717, 1.165) is 29.9 Å². The lowest BCUT2D eigenvalue weighted by Gasteiger charge is -2.18. The van der Waals surface area contributed by atoms with Gasteiger partial charge in [-0.2, -0.15) is 5.10 Å². The number of amides is 1. The van der Waals surface area contributed by atoms with Crippen LogP contribution in [0.15, 0.2) is 34.9 Å². The molecule has 1 aliphatic rings. The molecule has 2 aromatic heterocycles. The van der Waals surface area contributed by atoms with Crippen LogP contribution in [0.4, 0.5) is 0 Å². The Balaban J connectivity index is 1.54. The molecule has 1 atom stereocenters. The third-order valence-electron chi connectivity index (χ3n) is 5.48. The summed E-state index contributed by atoms with van der Waals surface area (Å²) in [5.41, 5.74) is 2.90. The van der Waals surface area contributed by atoms with E-state index < -0.39 is 0 Å². The van der Waals surface area contributed by atoms with Crippen molar-refractivity contribution in [3.8, 4) is 0 Å². The minimum atomic E-state index is -0.284. The molecule has 7 nitrogen and oxygen atoms in total. The molecule has 0 bridgehead atoms. The van der Waals surface area contributed by atoms with Gasteiger partial charge in [-0.05, 0) is 37.1 Å². The molecule has 0 spiro atoms. The number of methoxy groups -OCH3 is 1. The Hall–Kier alpha value is -2.67. The van der Waals surface area contributed by atoms with Crippen LogP contribution < -0.4 is 5.32 Å². The van der Waals surface area contributed by atoms with Crippen LogP contribution in [-0.2, 0) is 11.8 Å². The topological polar surface area (TPSA) is 82.2 Å². The zero-order valence-corrected chi connectivity index (χ0v) is 16.4. The average Bonchev–Trinajstić information content (AvgIpc) is 3.33. The lowest BCUT2D eigenvalue weighted by Crippen LogP contribution is -2.32. The first kappa shape index (κ1) is 18.7. The van der Waals surface area contributed by atoms with Crippen molar-refractivity contribution < 1.29 is 13.9 Å².